The maximum atomic E-state index is 13.3. The van der Waals surface area contributed by atoms with Crippen molar-refractivity contribution in [2.24, 2.45) is 5.92 Å². The number of likely N-dealkylation sites (tertiary alicyclic amines) is 1. The highest BCUT2D eigenvalue weighted by Gasteiger charge is 2.66. The third kappa shape index (κ3) is 3.54. The molecular formula is C31H34N2O5. The average molecular weight is 515 g/mol. The number of phenols is 1. The van der Waals surface area contributed by atoms with E-state index in [1.807, 2.05) is 32.2 Å². The molecule has 2 fully saturated rings. The Morgan fingerprint density at radius 2 is 2.00 bits per heavy atom. The fourth-order valence-electron chi connectivity index (χ4n) is 7.59. The molecule has 2 aromatic carbocycles. The van der Waals surface area contributed by atoms with Gasteiger partial charge in [-0.25, -0.2) is 0 Å². The Balaban J connectivity index is 1.38. The van der Waals surface area contributed by atoms with E-state index in [2.05, 4.69) is 30.7 Å². The molecule has 1 amide bonds. The summed E-state index contributed by atoms with van der Waals surface area (Å²) in [4.78, 5) is 29.4. The first-order valence-corrected chi connectivity index (χ1v) is 13.4. The predicted octanol–water partition coefficient (Wildman–Crippen LogP) is 3.48. The highest BCUT2D eigenvalue weighted by atomic mass is 16.5. The van der Waals surface area contributed by atoms with Crippen molar-refractivity contribution in [1.29, 1.82) is 0 Å². The molecule has 198 valence electrons. The maximum Gasteiger partial charge on any atom is 0.308 e. The van der Waals surface area contributed by atoms with E-state index in [1.165, 1.54) is 18.6 Å². The zero-order valence-corrected chi connectivity index (χ0v) is 22.6. The van der Waals surface area contributed by atoms with Gasteiger partial charge in [0.2, 0.25) is 0 Å². The summed E-state index contributed by atoms with van der Waals surface area (Å²) in [5.41, 5.74) is 4.74. The van der Waals surface area contributed by atoms with Crippen LogP contribution in [0.1, 0.15) is 54.0 Å². The second-order valence-electron chi connectivity index (χ2n) is 11.5. The molecule has 1 saturated carbocycles. The fraction of sp³-hybridized carbons (Fsp3) is 0.484. The Hall–Kier alpha value is -3.50. The van der Waals surface area contributed by atoms with Crippen LogP contribution in [-0.2, 0) is 21.4 Å². The monoisotopic (exact) mass is 514 g/mol. The van der Waals surface area contributed by atoms with Crippen molar-refractivity contribution in [2.45, 2.75) is 70.1 Å². The minimum atomic E-state index is -0.414. The first-order chi connectivity index (χ1) is 18.1. The third-order valence-electron chi connectivity index (χ3n) is 9.54. The van der Waals surface area contributed by atoms with Crippen LogP contribution in [0.25, 0.3) is 0 Å². The minimum absolute atomic E-state index is 0.0119. The number of carbonyl (C=O) groups excluding carboxylic acids is 2. The van der Waals surface area contributed by atoms with E-state index in [1.54, 1.807) is 4.90 Å². The van der Waals surface area contributed by atoms with Crippen molar-refractivity contribution < 1.29 is 24.2 Å². The Labute approximate surface area is 223 Å². The van der Waals surface area contributed by atoms with E-state index < -0.39 is 5.97 Å². The standard InChI is InChI=1S/C31H34N2O5/c1-17-6-7-20(14-18(17)2)8-11-27(36)33(5)23-10-9-22-24-15-21-26(37-19(3)34)16-25(35)29-28(21)31(22,30(23)38-29)12-13-32(24)4/h6-7,14,16,22-24,30,35H,9-10,12-13,15H2,1-5H3/t22-,23+,24+,30-,31-/m0/s1. The number of hydrogen-bond donors (Lipinski definition) is 1. The molecule has 2 aliphatic carbocycles. The quantitative estimate of drug-likeness (QED) is 0.376. The van der Waals surface area contributed by atoms with E-state index in [9.17, 15) is 14.7 Å². The van der Waals surface area contributed by atoms with Gasteiger partial charge in [-0.05, 0) is 82.3 Å². The number of carbonyl (C=O) groups is 2. The smallest absolute Gasteiger partial charge is 0.308 e. The van der Waals surface area contributed by atoms with Crippen LogP contribution in [0.15, 0.2) is 24.3 Å². The van der Waals surface area contributed by atoms with Crippen LogP contribution in [0.2, 0.25) is 0 Å². The Morgan fingerprint density at radius 3 is 2.74 bits per heavy atom. The van der Waals surface area contributed by atoms with Crippen LogP contribution in [0.5, 0.6) is 17.2 Å². The molecule has 2 aromatic rings. The van der Waals surface area contributed by atoms with Crippen LogP contribution >= 0.6 is 0 Å². The summed E-state index contributed by atoms with van der Waals surface area (Å²) in [7, 11) is 3.97. The van der Waals surface area contributed by atoms with Crippen molar-refractivity contribution in [3.8, 4) is 29.1 Å². The largest absolute Gasteiger partial charge is 0.504 e. The summed E-state index contributed by atoms with van der Waals surface area (Å²) < 4.78 is 12.2. The van der Waals surface area contributed by atoms with E-state index in [0.29, 0.717) is 17.4 Å². The number of aromatic hydroxyl groups is 1. The second-order valence-corrected chi connectivity index (χ2v) is 11.5. The molecule has 6 rings (SSSR count). The predicted molar refractivity (Wildman–Crippen MR) is 142 cm³/mol. The molecular weight excluding hydrogens is 480 g/mol. The van der Waals surface area contributed by atoms with Gasteiger partial charge in [0.15, 0.2) is 11.5 Å². The first-order valence-electron chi connectivity index (χ1n) is 13.4. The Morgan fingerprint density at radius 1 is 1.21 bits per heavy atom. The van der Waals surface area contributed by atoms with E-state index in [-0.39, 0.29) is 35.3 Å². The number of nitrogens with zero attached hydrogens (tertiary/aromatic N) is 2. The number of piperidine rings is 1. The summed E-state index contributed by atoms with van der Waals surface area (Å²) in [6.45, 7) is 6.37. The topological polar surface area (TPSA) is 79.3 Å². The highest BCUT2D eigenvalue weighted by Crippen LogP contribution is 2.65. The van der Waals surface area contributed by atoms with Crippen LogP contribution < -0.4 is 9.47 Å². The molecule has 1 spiro atoms. The molecule has 38 heavy (non-hydrogen) atoms. The van der Waals surface area contributed by atoms with Crippen molar-refractivity contribution in [3.63, 3.8) is 0 Å². The number of rotatable bonds is 2. The van der Waals surface area contributed by atoms with Crippen molar-refractivity contribution in [3.05, 3.63) is 52.1 Å². The normalized spacial score (nSPS) is 28.4. The van der Waals surface area contributed by atoms with Gasteiger partial charge < -0.3 is 24.4 Å². The molecule has 5 atom stereocenters. The van der Waals surface area contributed by atoms with Gasteiger partial charge >= 0.3 is 5.97 Å². The van der Waals surface area contributed by atoms with E-state index in [0.717, 1.165) is 54.5 Å². The lowest BCUT2D eigenvalue weighted by Gasteiger charge is -2.59. The maximum absolute atomic E-state index is 13.3. The van der Waals surface area contributed by atoms with E-state index in [4.69, 9.17) is 9.47 Å². The van der Waals surface area contributed by atoms with Gasteiger partial charge in [-0.15, -0.1) is 0 Å². The number of benzene rings is 2. The number of aryl methyl sites for hydroxylation is 2. The van der Waals surface area contributed by atoms with Crippen molar-refractivity contribution in [1.82, 2.24) is 9.80 Å². The van der Waals surface area contributed by atoms with Crippen LogP contribution in [-0.4, -0.2) is 65.6 Å². The minimum Gasteiger partial charge on any atom is -0.504 e. The molecule has 1 saturated heterocycles. The molecule has 2 heterocycles. The van der Waals surface area contributed by atoms with Gasteiger partial charge in [0, 0.05) is 54.1 Å². The molecule has 4 aliphatic rings. The van der Waals surface area contributed by atoms with Crippen LogP contribution in [0.4, 0.5) is 0 Å². The fourth-order valence-corrected chi connectivity index (χ4v) is 7.59. The summed E-state index contributed by atoms with van der Waals surface area (Å²) in [6, 6.07) is 7.56. The van der Waals surface area contributed by atoms with Crippen molar-refractivity contribution >= 4 is 11.9 Å². The van der Waals surface area contributed by atoms with Gasteiger partial charge in [-0.2, -0.15) is 0 Å². The molecule has 1 N–H and O–H groups in total. The Kier molecular flexibility index (Phi) is 5.73. The number of esters is 1. The van der Waals surface area contributed by atoms with Crippen LogP contribution in [0, 0.1) is 31.6 Å². The first kappa shape index (κ1) is 24.8. The molecule has 0 unspecified atom stereocenters. The number of amides is 1. The van der Waals surface area contributed by atoms with Gasteiger partial charge in [-0.3, -0.25) is 9.59 Å². The number of phenolic OH excluding ortho intramolecular Hbond substituents is 1. The van der Waals surface area contributed by atoms with Gasteiger partial charge in [0.25, 0.3) is 5.91 Å². The van der Waals surface area contributed by atoms with Gasteiger partial charge in [0.05, 0.1) is 6.04 Å². The average Bonchev–Trinajstić information content (AvgIpc) is 3.22. The van der Waals surface area contributed by atoms with Crippen LogP contribution in [0.3, 0.4) is 0 Å². The number of likely N-dealkylation sites (N-methyl/N-ethyl adjacent to an activating group) is 2. The second kappa shape index (κ2) is 8.78. The number of ether oxygens (including phenoxy) is 2. The molecule has 2 bridgehead atoms. The third-order valence-corrected chi connectivity index (χ3v) is 9.54. The van der Waals surface area contributed by atoms with Crippen molar-refractivity contribution in [2.75, 3.05) is 20.6 Å². The lowest BCUT2D eigenvalue weighted by Crippen LogP contribution is -2.68. The zero-order chi connectivity index (χ0) is 26.9. The lowest BCUT2D eigenvalue weighted by molar-refractivity contribution is -0.134. The summed E-state index contributed by atoms with van der Waals surface area (Å²) >= 11 is 0. The summed E-state index contributed by atoms with van der Waals surface area (Å²) in [6.07, 6.45) is 3.04. The molecule has 7 nitrogen and oxygen atoms in total. The lowest BCUT2D eigenvalue weighted by atomic mass is 9.51. The molecule has 0 radical (unpaired) electrons. The van der Waals surface area contributed by atoms with Gasteiger partial charge in [0.1, 0.15) is 11.9 Å². The Bertz CT molecular complexity index is 1420. The molecule has 0 aromatic heterocycles. The number of hydrogen-bond acceptors (Lipinski definition) is 6. The highest BCUT2D eigenvalue weighted by molar-refractivity contribution is 5.94. The van der Waals surface area contributed by atoms with Gasteiger partial charge in [-0.1, -0.05) is 12.0 Å². The SMILES string of the molecule is CC(=O)Oc1cc(O)c2c3c1C[C@@H]1[C@@H]4CC[C@@H](N(C)C(=O)C#Cc5ccc(C)c(C)c5)[C@H](O2)[C@]34CCN1C. The zero-order valence-electron chi connectivity index (χ0n) is 22.6. The molecule has 2 aliphatic heterocycles. The summed E-state index contributed by atoms with van der Waals surface area (Å²) in [5.74, 6) is 6.46. The van der Waals surface area contributed by atoms with E-state index >= 15 is 0 Å². The summed E-state index contributed by atoms with van der Waals surface area (Å²) in [5, 5.41) is 11.0. The molecule has 7 heteroatoms.